The molecule has 2 rings (SSSR count). The summed E-state index contributed by atoms with van der Waals surface area (Å²) in [6.45, 7) is 9.81. The summed E-state index contributed by atoms with van der Waals surface area (Å²) in [7, 11) is 0. The van der Waals surface area contributed by atoms with E-state index in [0.29, 0.717) is 5.16 Å². The van der Waals surface area contributed by atoms with E-state index in [2.05, 4.69) is 20.5 Å². The molecule has 0 aliphatic heterocycles. The molecule has 1 aromatic heterocycles. The van der Waals surface area contributed by atoms with Crippen molar-refractivity contribution in [3.05, 3.63) is 41.5 Å². The zero-order valence-electron chi connectivity index (χ0n) is 14.6. The summed E-state index contributed by atoms with van der Waals surface area (Å²) in [6.07, 6.45) is 0. The predicted molar refractivity (Wildman–Crippen MR) is 93.4 cm³/mol. The molecule has 1 aromatic carbocycles. The van der Waals surface area contributed by atoms with Crippen LogP contribution in [0.1, 0.15) is 52.0 Å². The Morgan fingerprint density at radius 3 is 2.42 bits per heavy atom. The summed E-state index contributed by atoms with van der Waals surface area (Å²) in [5.41, 5.74) is 0.740. The maximum absolute atomic E-state index is 13.0. The first-order valence-corrected chi connectivity index (χ1v) is 8.70. The van der Waals surface area contributed by atoms with Crippen LogP contribution in [0.4, 0.5) is 4.39 Å². The number of aromatic amines is 1. The molecule has 1 amide bonds. The van der Waals surface area contributed by atoms with E-state index in [1.54, 1.807) is 12.1 Å². The summed E-state index contributed by atoms with van der Waals surface area (Å²) in [5.74, 6) is 0.386. The van der Waals surface area contributed by atoms with Gasteiger partial charge in [-0.3, -0.25) is 9.89 Å². The van der Waals surface area contributed by atoms with E-state index in [1.807, 2.05) is 34.6 Å². The number of nitrogens with one attached hydrogen (secondary N) is 2. The summed E-state index contributed by atoms with van der Waals surface area (Å²) in [4.78, 5) is 16.8. The van der Waals surface area contributed by atoms with Gasteiger partial charge in [0, 0.05) is 5.41 Å². The predicted octanol–water partition coefficient (Wildman–Crippen LogP) is 3.60. The minimum absolute atomic E-state index is 0.112. The highest BCUT2D eigenvalue weighted by atomic mass is 32.2. The Balaban J connectivity index is 1.94. The standard InChI is InChI=1S/C17H23FN4OS/c1-10(12-6-8-13(18)9-7-12)19-14(23)11(2)24-16-20-15(21-22-16)17(3,4)5/h6-11H,1-5H3,(H,19,23)(H,20,21,22). The largest absolute Gasteiger partial charge is 0.349 e. The number of amides is 1. The summed E-state index contributed by atoms with van der Waals surface area (Å²) in [6, 6.07) is 5.92. The van der Waals surface area contributed by atoms with E-state index >= 15 is 0 Å². The minimum Gasteiger partial charge on any atom is -0.349 e. The van der Waals surface area contributed by atoms with Gasteiger partial charge >= 0.3 is 0 Å². The van der Waals surface area contributed by atoms with E-state index in [-0.39, 0.29) is 28.4 Å². The third-order valence-corrected chi connectivity index (χ3v) is 4.52. The molecule has 0 spiro atoms. The average Bonchev–Trinajstić information content (AvgIpc) is 2.96. The number of halogens is 1. The van der Waals surface area contributed by atoms with Crippen molar-refractivity contribution in [2.75, 3.05) is 0 Å². The second-order valence-corrected chi connectivity index (χ2v) is 8.07. The van der Waals surface area contributed by atoms with Gasteiger partial charge in [0.15, 0.2) is 0 Å². The molecule has 0 aliphatic rings. The molecule has 7 heteroatoms. The highest BCUT2D eigenvalue weighted by molar-refractivity contribution is 8.00. The first-order valence-electron chi connectivity index (χ1n) is 7.82. The Hall–Kier alpha value is -1.89. The van der Waals surface area contributed by atoms with Gasteiger partial charge in [-0.2, -0.15) is 0 Å². The van der Waals surface area contributed by atoms with Gasteiger partial charge in [0.1, 0.15) is 11.6 Å². The number of thioether (sulfide) groups is 1. The van der Waals surface area contributed by atoms with Crippen molar-refractivity contribution >= 4 is 17.7 Å². The molecule has 0 fully saturated rings. The lowest BCUT2D eigenvalue weighted by molar-refractivity contribution is -0.120. The molecule has 0 saturated heterocycles. The van der Waals surface area contributed by atoms with Gasteiger partial charge in [-0.1, -0.05) is 44.7 Å². The molecule has 0 saturated carbocycles. The number of benzene rings is 1. The van der Waals surface area contributed by atoms with Gasteiger partial charge in [-0.05, 0) is 31.5 Å². The molecule has 2 unspecified atom stereocenters. The Morgan fingerprint density at radius 1 is 1.25 bits per heavy atom. The van der Waals surface area contributed by atoms with Crippen molar-refractivity contribution in [2.45, 2.75) is 56.5 Å². The fraction of sp³-hybridized carbons (Fsp3) is 0.471. The molecule has 0 radical (unpaired) electrons. The van der Waals surface area contributed by atoms with Crippen LogP contribution in [-0.4, -0.2) is 26.3 Å². The second kappa shape index (κ2) is 7.34. The van der Waals surface area contributed by atoms with Gasteiger partial charge < -0.3 is 5.32 Å². The second-order valence-electron chi connectivity index (χ2n) is 6.76. The molecule has 2 aromatic rings. The average molecular weight is 350 g/mol. The summed E-state index contributed by atoms with van der Waals surface area (Å²) >= 11 is 1.30. The summed E-state index contributed by atoms with van der Waals surface area (Å²) < 4.78 is 13.0. The number of hydrogen-bond donors (Lipinski definition) is 2. The number of aromatic nitrogens is 3. The van der Waals surface area contributed by atoms with E-state index in [9.17, 15) is 9.18 Å². The zero-order chi connectivity index (χ0) is 17.9. The summed E-state index contributed by atoms with van der Waals surface area (Å²) in [5, 5.41) is 10.2. The Bertz CT molecular complexity index is 693. The Kier molecular flexibility index (Phi) is 5.64. The van der Waals surface area contributed by atoms with E-state index in [0.717, 1.165) is 11.4 Å². The first-order chi connectivity index (χ1) is 11.2. The number of rotatable bonds is 5. The lowest BCUT2D eigenvalue weighted by Gasteiger charge is -2.17. The number of nitrogens with zero attached hydrogens (tertiary/aromatic N) is 2. The minimum atomic E-state index is -0.337. The van der Waals surface area contributed by atoms with E-state index in [4.69, 9.17) is 0 Å². The highest BCUT2D eigenvalue weighted by Gasteiger charge is 2.22. The number of hydrogen-bond acceptors (Lipinski definition) is 4. The Morgan fingerprint density at radius 2 is 1.88 bits per heavy atom. The zero-order valence-corrected chi connectivity index (χ0v) is 15.4. The molecular weight excluding hydrogens is 327 g/mol. The quantitative estimate of drug-likeness (QED) is 0.808. The van der Waals surface area contributed by atoms with Crippen LogP contribution in [-0.2, 0) is 10.2 Å². The van der Waals surface area contributed by atoms with E-state index < -0.39 is 0 Å². The molecule has 24 heavy (non-hydrogen) atoms. The molecular formula is C17H23FN4OS. The molecule has 130 valence electrons. The molecule has 1 heterocycles. The molecule has 2 atom stereocenters. The fourth-order valence-electron chi connectivity index (χ4n) is 2.01. The first kappa shape index (κ1) is 18.4. The van der Waals surface area contributed by atoms with Crippen LogP contribution in [0.15, 0.2) is 29.4 Å². The van der Waals surface area contributed by atoms with Gasteiger partial charge in [-0.25, -0.2) is 9.37 Å². The normalized spacial score (nSPS) is 14.2. The van der Waals surface area contributed by atoms with Gasteiger partial charge in [-0.15, -0.1) is 5.10 Å². The monoisotopic (exact) mass is 350 g/mol. The molecule has 0 aliphatic carbocycles. The molecule has 5 nitrogen and oxygen atoms in total. The number of carbonyl (C=O) groups is 1. The number of H-pyrrole nitrogens is 1. The number of carbonyl (C=O) groups excluding carboxylic acids is 1. The van der Waals surface area contributed by atoms with Crippen LogP contribution in [0.5, 0.6) is 0 Å². The smallest absolute Gasteiger partial charge is 0.233 e. The van der Waals surface area contributed by atoms with Crippen molar-refractivity contribution in [3.8, 4) is 0 Å². The van der Waals surface area contributed by atoms with Gasteiger partial charge in [0.2, 0.25) is 11.1 Å². The van der Waals surface area contributed by atoms with Crippen LogP contribution in [0.2, 0.25) is 0 Å². The van der Waals surface area contributed by atoms with Gasteiger partial charge in [0.05, 0.1) is 11.3 Å². The van der Waals surface area contributed by atoms with Crippen molar-refractivity contribution in [1.82, 2.24) is 20.5 Å². The lowest BCUT2D eigenvalue weighted by atomic mass is 9.96. The van der Waals surface area contributed by atoms with E-state index in [1.165, 1.54) is 23.9 Å². The van der Waals surface area contributed by atoms with Crippen LogP contribution in [0, 0.1) is 5.82 Å². The van der Waals surface area contributed by atoms with Gasteiger partial charge in [0.25, 0.3) is 0 Å². The van der Waals surface area contributed by atoms with Crippen LogP contribution >= 0.6 is 11.8 Å². The fourth-order valence-corrected chi connectivity index (χ4v) is 2.75. The van der Waals surface area contributed by atoms with Crippen molar-refractivity contribution in [3.63, 3.8) is 0 Å². The highest BCUT2D eigenvalue weighted by Crippen LogP contribution is 2.24. The van der Waals surface area contributed by atoms with Crippen molar-refractivity contribution in [2.24, 2.45) is 0 Å². The third-order valence-electron chi connectivity index (χ3n) is 3.56. The van der Waals surface area contributed by atoms with Crippen molar-refractivity contribution < 1.29 is 9.18 Å². The topological polar surface area (TPSA) is 70.7 Å². The van der Waals surface area contributed by atoms with Crippen LogP contribution in [0.3, 0.4) is 0 Å². The lowest BCUT2D eigenvalue weighted by Crippen LogP contribution is -2.33. The SMILES string of the molecule is CC(Sc1n[nH]c(C(C)(C)C)n1)C(=O)NC(C)c1ccc(F)cc1. The Labute approximate surface area is 145 Å². The van der Waals surface area contributed by atoms with Crippen LogP contribution < -0.4 is 5.32 Å². The maximum Gasteiger partial charge on any atom is 0.233 e. The van der Waals surface area contributed by atoms with Crippen molar-refractivity contribution in [1.29, 1.82) is 0 Å². The van der Waals surface area contributed by atoms with Crippen LogP contribution in [0.25, 0.3) is 0 Å². The third kappa shape index (κ3) is 4.80. The molecule has 0 bridgehead atoms. The maximum atomic E-state index is 13.0. The molecule has 2 N–H and O–H groups in total.